The lowest BCUT2D eigenvalue weighted by Crippen LogP contribution is -2.31. The molecule has 156 valence electrons. The summed E-state index contributed by atoms with van der Waals surface area (Å²) in [4.78, 5) is 35.1. The van der Waals surface area contributed by atoms with E-state index in [1.807, 2.05) is 37.3 Å². The summed E-state index contributed by atoms with van der Waals surface area (Å²) in [5.41, 5.74) is 10.2. The second-order valence-corrected chi connectivity index (χ2v) is 7.12. The molecule has 1 aliphatic heterocycles. The number of aryl methyl sites for hydroxylation is 1. The molecule has 1 aromatic heterocycles. The van der Waals surface area contributed by atoms with Crippen LogP contribution in [0.25, 0.3) is 5.57 Å². The van der Waals surface area contributed by atoms with Gasteiger partial charge in [-0.1, -0.05) is 36.9 Å². The molecule has 0 bridgehead atoms. The predicted molar refractivity (Wildman–Crippen MR) is 119 cm³/mol. The first-order chi connectivity index (χ1) is 14.4. The largest absolute Gasteiger partial charge is 0.383 e. The van der Waals surface area contributed by atoms with Crippen LogP contribution in [0.4, 0.5) is 5.82 Å². The summed E-state index contributed by atoms with van der Waals surface area (Å²) in [5, 5.41) is 5.77. The number of nitrogens with two attached hydrogens (primary N) is 1. The average Bonchev–Trinajstić information content (AvgIpc) is 2.72. The Kier molecular flexibility index (Phi) is 6.46. The molecule has 2 heterocycles. The number of amides is 1. The Hall–Kier alpha value is -3.68. The van der Waals surface area contributed by atoms with Gasteiger partial charge in [0, 0.05) is 24.4 Å². The van der Waals surface area contributed by atoms with Gasteiger partial charge in [-0.05, 0) is 37.0 Å². The van der Waals surface area contributed by atoms with E-state index in [4.69, 9.17) is 5.73 Å². The standard InChI is InChI=1S/C22H26N6O2/c1-13-14(2)26-20(23)18(17(13)11-24-12-29)19-15(3)27-22(30)21(28-19)25-10-9-16-7-5-4-6-8-16/h4-8,12,14H,1,9-11H2,2-3H3,(H2,23,26)(H,24,29)(H,25,28)(H,27,30). The zero-order chi connectivity index (χ0) is 21.7. The number of H-pyrrole nitrogens is 1. The number of hydrogen-bond acceptors (Lipinski definition) is 6. The van der Waals surface area contributed by atoms with E-state index in [-0.39, 0.29) is 24.0 Å². The summed E-state index contributed by atoms with van der Waals surface area (Å²) in [6.07, 6.45) is 1.37. The molecule has 0 saturated carbocycles. The van der Waals surface area contributed by atoms with Crippen molar-refractivity contribution in [2.45, 2.75) is 26.3 Å². The maximum absolute atomic E-state index is 12.4. The van der Waals surface area contributed by atoms with Crippen LogP contribution in [0.5, 0.6) is 0 Å². The first-order valence-electron chi connectivity index (χ1n) is 9.74. The third kappa shape index (κ3) is 4.48. The summed E-state index contributed by atoms with van der Waals surface area (Å²) in [6, 6.07) is 9.77. The third-order valence-electron chi connectivity index (χ3n) is 5.03. The van der Waals surface area contributed by atoms with E-state index in [0.29, 0.717) is 35.8 Å². The summed E-state index contributed by atoms with van der Waals surface area (Å²) in [6.45, 7) is 8.53. The zero-order valence-electron chi connectivity index (χ0n) is 17.2. The Morgan fingerprint density at radius 1 is 1.30 bits per heavy atom. The van der Waals surface area contributed by atoms with E-state index in [0.717, 1.165) is 23.1 Å². The Morgan fingerprint density at radius 2 is 2.03 bits per heavy atom. The van der Waals surface area contributed by atoms with Crippen LogP contribution in [0.15, 0.2) is 57.8 Å². The quantitative estimate of drug-likeness (QED) is 0.495. The van der Waals surface area contributed by atoms with Crippen LogP contribution in [0.1, 0.15) is 23.9 Å². The smallest absolute Gasteiger partial charge is 0.290 e. The minimum Gasteiger partial charge on any atom is -0.383 e. The Morgan fingerprint density at radius 3 is 2.73 bits per heavy atom. The summed E-state index contributed by atoms with van der Waals surface area (Å²) < 4.78 is 0. The fraction of sp³-hybridized carbons (Fsp3) is 0.273. The third-order valence-corrected chi connectivity index (χ3v) is 5.03. The number of anilines is 1. The molecule has 2 aromatic rings. The van der Waals surface area contributed by atoms with Gasteiger partial charge in [-0.3, -0.25) is 14.6 Å². The van der Waals surface area contributed by atoms with Gasteiger partial charge in [0.2, 0.25) is 6.41 Å². The van der Waals surface area contributed by atoms with E-state index in [9.17, 15) is 9.59 Å². The molecular formula is C22H26N6O2. The second-order valence-electron chi connectivity index (χ2n) is 7.12. The van der Waals surface area contributed by atoms with Crippen molar-refractivity contribution in [3.05, 3.63) is 75.4 Å². The van der Waals surface area contributed by atoms with Gasteiger partial charge in [-0.15, -0.1) is 0 Å². The van der Waals surface area contributed by atoms with Crippen LogP contribution in [0.2, 0.25) is 0 Å². The Balaban J connectivity index is 1.95. The minimum absolute atomic E-state index is 0.205. The van der Waals surface area contributed by atoms with Crippen molar-refractivity contribution in [3.63, 3.8) is 0 Å². The molecule has 1 atom stereocenters. The second kappa shape index (κ2) is 9.21. The molecule has 30 heavy (non-hydrogen) atoms. The Bertz CT molecular complexity index is 1070. The highest BCUT2D eigenvalue weighted by atomic mass is 16.1. The van der Waals surface area contributed by atoms with Gasteiger partial charge < -0.3 is 21.4 Å². The molecule has 0 spiro atoms. The molecule has 1 amide bonds. The highest BCUT2D eigenvalue weighted by Crippen LogP contribution is 2.30. The van der Waals surface area contributed by atoms with E-state index >= 15 is 0 Å². The van der Waals surface area contributed by atoms with Crippen molar-refractivity contribution < 1.29 is 4.79 Å². The summed E-state index contributed by atoms with van der Waals surface area (Å²) in [5.74, 6) is 0.509. The first kappa shape index (κ1) is 21.0. The number of nitrogens with zero attached hydrogens (tertiary/aromatic N) is 2. The Labute approximate surface area is 175 Å². The van der Waals surface area contributed by atoms with Crippen LogP contribution >= 0.6 is 0 Å². The van der Waals surface area contributed by atoms with Crippen molar-refractivity contribution in [3.8, 4) is 0 Å². The van der Waals surface area contributed by atoms with Crippen LogP contribution < -0.4 is 21.9 Å². The number of amidine groups is 1. The van der Waals surface area contributed by atoms with Crippen molar-refractivity contribution in [1.82, 2.24) is 15.3 Å². The van der Waals surface area contributed by atoms with Gasteiger partial charge >= 0.3 is 0 Å². The van der Waals surface area contributed by atoms with Gasteiger partial charge in [-0.25, -0.2) is 4.98 Å². The normalized spacial score (nSPS) is 16.3. The SMILES string of the molecule is C=C1C(CNC=O)=C(c2nc(NCCc3ccccc3)c(=O)[nH]c2C)C(N)=NC1C. The van der Waals surface area contributed by atoms with Crippen LogP contribution in [-0.2, 0) is 11.2 Å². The molecule has 8 heteroatoms. The highest BCUT2D eigenvalue weighted by molar-refractivity contribution is 6.24. The molecule has 1 unspecified atom stereocenters. The van der Waals surface area contributed by atoms with Gasteiger partial charge in [0.1, 0.15) is 5.84 Å². The van der Waals surface area contributed by atoms with Crippen LogP contribution in [0.3, 0.4) is 0 Å². The number of aromatic amines is 1. The number of carbonyl (C=O) groups is 1. The van der Waals surface area contributed by atoms with Crippen LogP contribution in [0, 0.1) is 6.92 Å². The van der Waals surface area contributed by atoms with Crippen molar-refractivity contribution in [2.75, 3.05) is 18.4 Å². The number of rotatable bonds is 8. The number of dihydropyridines is 1. The van der Waals surface area contributed by atoms with Crippen molar-refractivity contribution in [2.24, 2.45) is 10.7 Å². The van der Waals surface area contributed by atoms with E-state index < -0.39 is 0 Å². The number of hydrogen-bond donors (Lipinski definition) is 4. The lowest BCUT2D eigenvalue weighted by molar-refractivity contribution is -0.109. The van der Waals surface area contributed by atoms with E-state index in [1.165, 1.54) is 0 Å². The van der Waals surface area contributed by atoms with Crippen LogP contribution in [-0.4, -0.2) is 41.3 Å². The van der Waals surface area contributed by atoms with Gasteiger partial charge in [-0.2, -0.15) is 0 Å². The maximum atomic E-state index is 12.4. The molecule has 8 nitrogen and oxygen atoms in total. The number of carbonyl (C=O) groups excluding carboxylic acids is 1. The minimum atomic E-state index is -0.309. The molecule has 0 fully saturated rings. The number of aliphatic imine (C=N–C) groups is 1. The lowest BCUT2D eigenvalue weighted by Gasteiger charge is -2.25. The maximum Gasteiger partial charge on any atom is 0.290 e. The molecule has 1 aromatic carbocycles. The predicted octanol–water partition coefficient (Wildman–Crippen LogP) is 1.55. The lowest BCUT2D eigenvalue weighted by atomic mass is 9.90. The molecule has 5 N–H and O–H groups in total. The number of benzene rings is 1. The fourth-order valence-corrected chi connectivity index (χ4v) is 3.40. The molecule has 0 aliphatic carbocycles. The van der Waals surface area contributed by atoms with Gasteiger partial charge in [0.05, 0.1) is 11.7 Å². The monoisotopic (exact) mass is 406 g/mol. The number of nitrogens with one attached hydrogen (secondary N) is 3. The molecule has 0 saturated heterocycles. The first-order valence-corrected chi connectivity index (χ1v) is 9.74. The summed E-state index contributed by atoms with van der Waals surface area (Å²) >= 11 is 0. The summed E-state index contributed by atoms with van der Waals surface area (Å²) in [7, 11) is 0. The van der Waals surface area contributed by atoms with Gasteiger partial charge in [0.25, 0.3) is 5.56 Å². The van der Waals surface area contributed by atoms with Gasteiger partial charge in [0.15, 0.2) is 5.82 Å². The molecule has 0 radical (unpaired) electrons. The fourth-order valence-electron chi connectivity index (χ4n) is 3.40. The van der Waals surface area contributed by atoms with E-state index in [2.05, 4.69) is 32.2 Å². The van der Waals surface area contributed by atoms with E-state index in [1.54, 1.807) is 6.92 Å². The highest BCUT2D eigenvalue weighted by Gasteiger charge is 2.26. The van der Waals surface area contributed by atoms with Crippen molar-refractivity contribution >= 4 is 23.6 Å². The van der Waals surface area contributed by atoms with Crippen molar-refractivity contribution in [1.29, 1.82) is 0 Å². The molecule has 1 aliphatic rings. The molecular weight excluding hydrogens is 380 g/mol. The molecule has 3 rings (SSSR count). The average molecular weight is 406 g/mol. The zero-order valence-corrected chi connectivity index (χ0v) is 17.2. The topological polar surface area (TPSA) is 125 Å². The number of aromatic nitrogens is 2.